The molecule has 0 fully saturated rings. The van der Waals surface area contributed by atoms with E-state index in [1.165, 1.54) is 33.4 Å². The number of carbonyl (C=O) groups excluding carboxylic acids is 1. The second kappa shape index (κ2) is 16.8. The summed E-state index contributed by atoms with van der Waals surface area (Å²) in [5.41, 5.74) is 0.0416. The number of halogens is 3. The van der Waals surface area contributed by atoms with Gasteiger partial charge in [-0.3, -0.25) is 14.0 Å². The Kier molecular flexibility index (Phi) is 12.7. The number of anilines is 4. The molecule has 0 radical (unpaired) electrons. The highest BCUT2D eigenvalue weighted by Crippen LogP contribution is 2.51. The molecule has 0 aliphatic carbocycles. The molecule has 0 unspecified atom stereocenters. The lowest BCUT2D eigenvalue weighted by atomic mass is 10.1. The topological polar surface area (TPSA) is 184 Å². The molecule has 0 spiro atoms. The van der Waals surface area contributed by atoms with Gasteiger partial charge in [0.1, 0.15) is 17.1 Å². The number of ether oxygens (including phenoxy) is 2. The summed E-state index contributed by atoms with van der Waals surface area (Å²) in [6.07, 6.45) is -2.24. The maximum absolute atomic E-state index is 14.2. The van der Waals surface area contributed by atoms with Crippen LogP contribution in [0.2, 0.25) is 0 Å². The minimum atomic E-state index is -4.87. The Balaban J connectivity index is 1.70. The van der Waals surface area contributed by atoms with E-state index in [0.29, 0.717) is 36.0 Å². The summed E-state index contributed by atoms with van der Waals surface area (Å²) in [5.74, 6) is -1.12. The molecule has 0 bridgehead atoms. The summed E-state index contributed by atoms with van der Waals surface area (Å²) in [6, 6.07) is 7.66. The van der Waals surface area contributed by atoms with Crippen LogP contribution in [-0.2, 0) is 32.5 Å². The normalized spacial score (nSPS) is 11.7. The predicted molar refractivity (Wildman–Crippen MR) is 178 cm³/mol. The number of hydrogen-bond acceptors (Lipinski definition) is 13. The Labute approximate surface area is 286 Å². The molecule has 3 aromatic heterocycles. The first kappa shape index (κ1) is 38.0. The van der Waals surface area contributed by atoms with Crippen LogP contribution in [0.4, 0.5) is 36.3 Å². The van der Waals surface area contributed by atoms with Gasteiger partial charge in [0.05, 0.1) is 56.2 Å². The second-order valence-corrected chi connectivity index (χ2v) is 12.5. The SMILES string of the molecule is CCOP(=O)(Cc1ccc(Nc2ncc(C(F)(F)F)c(Nc3ccc(-c4cn(CCCO)nc4OC)nc3C(=O)NC)n2)c(OC)c1)OCC. The van der Waals surface area contributed by atoms with E-state index in [-0.39, 0.29) is 60.6 Å². The molecule has 0 aliphatic rings. The minimum Gasteiger partial charge on any atom is -0.495 e. The van der Waals surface area contributed by atoms with Crippen LogP contribution in [0.3, 0.4) is 0 Å². The van der Waals surface area contributed by atoms with E-state index in [9.17, 15) is 27.6 Å². The van der Waals surface area contributed by atoms with E-state index in [0.717, 1.165) is 0 Å². The van der Waals surface area contributed by atoms with Gasteiger partial charge in [-0.2, -0.15) is 18.2 Å². The second-order valence-electron chi connectivity index (χ2n) is 10.4. The molecule has 1 amide bonds. The Morgan fingerprint density at radius 1 is 1.02 bits per heavy atom. The summed E-state index contributed by atoms with van der Waals surface area (Å²) < 4.78 is 78.6. The van der Waals surface area contributed by atoms with Gasteiger partial charge in [-0.25, -0.2) is 9.97 Å². The smallest absolute Gasteiger partial charge is 0.421 e. The predicted octanol–water partition coefficient (Wildman–Crippen LogP) is 5.77. The number of carbonyl (C=O) groups is 1. The van der Waals surface area contributed by atoms with Crippen molar-refractivity contribution >= 4 is 36.6 Å². The number of aliphatic hydroxyl groups is 1. The van der Waals surface area contributed by atoms with E-state index < -0.39 is 31.1 Å². The Morgan fingerprint density at radius 2 is 1.74 bits per heavy atom. The number of nitrogens with one attached hydrogen (secondary N) is 3. The van der Waals surface area contributed by atoms with Gasteiger partial charge in [0.2, 0.25) is 11.8 Å². The average molecular weight is 723 g/mol. The monoisotopic (exact) mass is 722 g/mol. The van der Waals surface area contributed by atoms with Crippen LogP contribution in [0.5, 0.6) is 11.6 Å². The number of alkyl halides is 3. The van der Waals surface area contributed by atoms with E-state index in [2.05, 4.69) is 36.0 Å². The number of benzene rings is 1. The van der Waals surface area contributed by atoms with Crippen LogP contribution in [0.15, 0.2) is 42.7 Å². The molecule has 4 aromatic rings. The number of pyridine rings is 1. The highest BCUT2D eigenvalue weighted by molar-refractivity contribution is 7.53. The van der Waals surface area contributed by atoms with Gasteiger partial charge in [-0.05, 0) is 50.1 Å². The maximum atomic E-state index is 14.2. The van der Waals surface area contributed by atoms with E-state index in [1.54, 1.807) is 42.9 Å². The van der Waals surface area contributed by atoms with Crippen molar-refractivity contribution in [3.8, 4) is 22.9 Å². The number of rotatable bonds is 17. The number of amides is 1. The third kappa shape index (κ3) is 9.26. The summed E-state index contributed by atoms with van der Waals surface area (Å²) in [6.45, 7) is 4.12. The number of aliphatic hydroxyl groups excluding tert-OH is 1. The number of hydrogen-bond donors (Lipinski definition) is 4. The molecule has 270 valence electrons. The zero-order valence-corrected chi connectivity index (χ0v) is 28.9. The Bertz CT molecular complexity index is 1830. The standard InChI is InChI=1S/C31H38F3N8O7P/c1-6-48-50(45,49-7-2)18-19-9-10-23(25(15-19)46-4)39-30-36-16-21(31(32,33)34)27(40-30)38-24-12-11-22(37-26(24)28(44)35-3)20-17-42(13-8-14-43)41-29(20)47-5/h9-12,15-17,43H,6-8,13-14,18H2,1-5H3,(H,35,44)(H2,36,38,39,40). The van der Waals surface area contributed by atoms with Crippen LogP contribution in [0.25, 0.3) is 11.3 Å². The van der Waals surface area contributed by atoms with E-state index >= 15 is 0 Å². The third-order valence-electron chi connectivity index (χ3n) is 6.97. The minimum absolute atomic E-state index is 0.0322. The molecular formula is C31H38F3N8O7P. The van der Waals surface area contributed by atoms with Crippen molar-refractivity contribution in [3.05, 3.63) is 59.5 Å². The van der Waals surface area contributed by atoms with Crippen LogP contribution in [0, 0.1) is 0 Å². The first-order valence-corrected chi connectivity index (χ1v) is 17.1. The lowest BCUT2D eigenvalue weighted by molar-refractivity contribution is -0.137. The summed E-state index contributed by atoms with van der Waals surface area (Å²) in [7, 11) is 0.728. The fourth-order valence-corrected chi connectivity index (χ4v) is 6.44. The molecule has 1 aromatic carbocycles. The molecule has 0 aliphatic heterocycles. The molecule has 0 saturated carbocycles. The average Bonchev–Trinajstić information content (AvgIpc) is 3.51. The van der Waals surface area contributed by atoms with Crippen LogP contribution in [0.1, 0.15) is 41.9 Å². The molecule has 0 saturated heterocycles. The fraction of sp³-hybridized carbons (Fsp3) is 0.387. The molecular weight excluding hydrogens is 684 g/mol. The highest BCUT2D eigenvalue weighted by Gasteiger charge is 2.36. The van der Waals surface area contributed by atoms with Crippen LogP contribution < -0.4 is 25.4 Å². The lowest BCUT2D eigenvalue weighted by Crippen LogP contribution is -2.21. The first-order valence-electron chi connectivity index (χ1n) is 15.4. The van der Waals surface area contributed by atoms with Crippen molar-refractivity contribution in [2.45, 2.75) is 39.2 Å². The number of aromatic nitrogens is 5. The van der Waals surface area contributed by atoms with Gasteiger partial charge in [0, 0.05) is 32.6 Å². The van der Waals surface area contributed by atoms with Crippen molar-refractivity contribution in [2.24, 2.45) is 0 Å². The molecule has 3 heterocycles. The van der Waals surface area contributed by atoms with Gasteiger partial charge in [-0.15, -0.1) is 5.10 Å². The molecule has 4 rings (SSSR count). The van der Waals surface area contributed by atoms with Gasteiger partial charge in [0.15, 0.2) is 5.69 Å². The highest BCUT2D eigenvalue weighted by atomic mass is 31.2. The van der Waals surface area contributed by atoms with Crippen molar-refractivity contribution in [3.63, 3.8) is 0 Å². The summed E-state index contributed by atoms with van der Waals surface area (Å²) in [4.78, 5) is 25.3. The Morgan fingerprint density at radius 3 is 2.36 bits per heavy atom. The van der Waals surface area contributed by atoms with Crippen molar-refractivity contribution in [2.75, 3.05) is 51.7 Å². The van der Waals surface area contributed by atoms with Crippen LogP contribution >= 0.6 is 7.60 Å². The third-order valence-corrected chi connectivity index (χ3v) is 9.02. The van der Waals surface area contributed by atoms with Gasteiger partial charge < -0.3 is 39.6 Å². The number of methoxy groups -OCH3 is 2. The van der Waals surface area contributed by atoms with Gasteiger partial charge in [0.25, 0.3) is 5.91 Å². The quantitative estimate of drug-likeness (QED) is 0.0965. The van der Waals surface area contributed by atoms with Crippen molar-refractivity contribution in [1.29, 1.82) is 0 Å². The summed E-state index contributed by atoms with van der Waals surface area (Å²) in [5, 5.41) is 21.4. The molecule has 50 heavy (non-hydrogen) atoms. The lowest BCUT2D eigenvalue weighted by Gasteiger charge is -2.19. The largest absolute Gasteiger partial charge is 0.495 e. The first-order chi connectivity index (χ1) is 23.9. The number of aryl methyl sites for hydroxylation is 1. The molecule has 19 heteroatoms. The zero-order chi connectivity index (χ0) is 36.5. The van der Waals surface area contributed by atoms with Gasteiger partial charge in [-0.1, -0.05) is 6.07 Å². The summed E-state index contributed by atoms with van der Waals surface area (Å²) >= 11 is 0. The Hall–Kier alpha value is -4.77. The van der Waals surface area contributed by atoms with E-state index in [1.807, 2.05) is 0 Å². The van der Waals surface area contributed by atoms with Crippen LogP contribution in [-0.4, -0.2) is 76.8 Å². The molecule has 15 nitrogen and oxygen atoms in total. The van der Waals surface area contributed by atoms with E-state index in [4.69, 9.17) is 18.5 Å². The zero-order valence-electron chi connectivity index (χ0n) is 28.0. The van der Waals surface area contributed by atoms with Crippen molar-refractivity contribution in [1.82, 2.24) is 30.0 Å². The van der Waals surface area contributed by atoms with Gasteiger partial charge >= 0.3 is 13.8 Å². The molecule has 0 atom stereocenters. The fourth-order valence-electron chi connectivity index (χ4n) is 4.75. The maximum Gasteiger partial charge on any atom is 0.421 e. The van der Waals surface area contributed by atoms with Crippen molar-refractivity contribution < 1.29 is 46.2 Å². The number of nitrogens with zero attached hydrogens (tertiary/aromatic N) is 5. The molecule has 4 N–H and O–H groups in total.